The lowest BCUT2D eigenvalue weighted by molar-refractivity contribution is 0.100. The Morgan fingerprint density at radius 2 is 1.75 bits per heavy atom. The third-order valence-electron chi connectivity index (χ3n) is 1.16. The van der Waals surface area contributed by atoms with E-state index < -0.39 is 6.17 Å². The number of hydrogen-bond donors (Lipinski definition) is 4. The molecule has 0 aliphatic heterocycles. The number of nitrogens with one attached hydrogen (secondary N) is 1. The van der Waals surface area contributed by atoms with Crippen LogP contribution < -0.4 is 22.5 Å². The summed E-state index contributed by atoms with van der Waals surface area (Å²) in [5.74, 6) is 0. The zero-order valence-electron chi connectivity index (χ0n) is 7.79. The number of rotatable bonds is 6. The Balaban J connectivity index is 3.25. The van der Waals surface area contributed by atoms with Crippen LogP contribution in [0.15, 0.2) is 0 Å². The SMILES string of the molecule is CC(C)NC(N)COCC(N)N. The molecule has 5 heteroatoms. The van der Waals surface area contributed by atoms with E-state index in [1.54, 1.807) is 0 Å². The fourth-order valence-electron chi connectivity index (χ4n) is 0.807. The molecule has 74 valence electrons. The maximum Gasteiger partial charge on any atom is 0.0789 e. The topological polar surface area (TPSA) is 99.3 Å². The van der Waals surface area contributed by atoms with Gasteiger partial charge in [0, 0.05) is 6.04 Å². The maximum atomic E-state index is 5.64. The van der Waals surface area contributed by atoms with Crippen molar-refractivity contribution < 1.29 is 4.74 Å². The summed E-state index contributed by atoms with van der Waals surface area (Å²) < 4.78 is 5.12. The van der Waals surface area contributed by atoms with E-state index in [-0.39, 0.29) is 6.17 Å². The average molecular weight is 176 g/mol. The molecule has 1 unspecified atom stereocenters. The normalized spacial score (nSPS) is 14.2. The molecule has 1 atom stereocenters. The molecule has 0 spiro atoms. The van der Waals surface area contributed by atoms with Crippen molar-refractivity contribution in [3.63, 3.8) is 0 Å². The van der Waals surface area contributed by atoms with Gasteiger partial charge in [0.1, 0.15) is 0 Å². The minimum atomic E-state index is -0.420. The molecule has 5 nitrogen and oxygen atoms in total. The molecule has 0 aliphatic carbocycles. The zero-order chi connectivity index (χ0) is 9.56. The monoisotopic (exact) mass is 176 g/mol. The molecule has 0 saturated carbocycles. The largest absolute Gasteiger partial charge is 0.375 e. The van der Waals surface area contributed by atoms with E-state index in [2.05, 4.69) is 5.32 Å². The molecular formula is C7H20N4O. The molecule has 7 N–H and O–H groups in total. The van der Waals surface area contributed by atoms with Crippen molar-refractivity contribution in [1.82, 2.24) is 5.32 Å². The van der Waals surface area contributed by atoms with E-state index in [9.17, 15) is 0 Å². The first-order chi connectivity index (χ1) is 5.52. The van der Waals surface area contributed by atoms with Gasteiger partial charge in [0.15, 0.2) is 0 Å². The van der Waals surface area contributed by atoms with Crippen LogP contribution >= 0.6 is 0 Å². The summed E-state index contributed by atoms with van der Waals surface area (Å²) in [7, 11) is 0. The van der Waals surface area contributed by atoms with Crippen molar-refractivity contribution in [2.24, 2.45) is 17.2 Å². The molecule has 0 fully saturated rings. The van der Waals surface area contributed by atoms with Crippen molar-refractivity contribution in [1.29, 1.82) is 0 Å². The standard InChI is InChI=1S/C7H20N4O/c1-5(2)11-7(10)4-12-3-6(8)9/h5-7,11H,3-4,8-10H2,1-2H3. The summed E-state index contributed by atoms with van der Waals surface area (Å²) in [4.78, 5) is 0. The fourth-order valence-corrected chi connectivity index (χ4v) is 0.807. The minimum Gasteiger partial charge on any atom is -0.375 e. The lowest BCUT2D eigenvalue weighted by atomic mass is 10.4. The van der Waals surface area contributed by atoms with Gasteiger partial charge in [-0.1, -0.05) is 0 Å². The third-order valence-corrected chi connectivity index (χ3v) is 1.16. The Kier molecular flexibility index (Phi) is 6.23. The lowest BCUT2D eigenvalue weighted by Gasteiger charge is -2.17. The first-order valence-electron chi connectivity index (χ1n) is 4.13. The van der Waals surface area contributed by atoms with Crippen LogP contribution in [-0.2, 0) is 4.74 Å². The smallest absolute Gasteiger partial charge is 0.0789 e. The van der Waals surface area contributed by atoms with Crippen LogP contribution in [0.5, 0.6) is 0 Å². The number of ether oxygens (including phenoxy) is 1. The molecule has 0 amide bonds. The quantitative estimate of drug-likeness (QED) is 0.370. The van der Waals surface area contributed by atoms with Gasteiger partial charge in [-0.25, -0.2) is 0 Å². The van der Waals surface area contributed by atoms with Gasteiger partial charge < -0.3 is 21.9 Å². The Hall–Kier alpha value is -0.200. The van der Waals surface area contributed by atoms with Crippen LogP contribution in [0, 0.1) is 0 Å². The van der Waals surface area contributed by atoms with Gasteiger partial charge in [-0.05, 0) is 13.8 Å². The molecular weight excluding hydrogens is 156 g/mol. The number of hydrogen-bond acceptors (Lipinski definition) is 5. The highest BCUT2D eigenvalue weighted by atomic mass is 16.5. The second kappa shape index (κ2) is 6.33. The van der Waals surface area contributed by atoms with Gasteiger partial charge in [0.2, 0.25) is 0 Å². The van der Waals surface area contributed by atoms with Crippen molar-refractivity contribution in [3.05, 3.63) is 0 Å². The molecule has 0 rings (SSSR count). The maximum absolute atomic E-state index is 5.64. The molecule has 0 aromatic carbocycles. The van der Waals surface area contributed by atoms with Gasteiger partial charge in [0.25, 0.3) is 0 Å². The van der Waals surface area contributed by atoms with Crippen LogP contribution in [0.2, 0.25) is 0 Å². The summed E-state index contributed by atoms with van der Waals surface area (Å²) in [5, 5.41) is 3.09. The van der Waals surface area contributed by atoms with Crippen molar-refractivity contribution in [2.45, 2.75) is 32.2 Å². The van der Waals surface area contributed by atoms with Gasteiger partial charge >= 0.3 is 0 Å². The Labute approximate surface area is 73.6 Å². The van der Waals surface area contributed by atoms with Gasteiger partial charge in [-0.2, -0.15) is 0 Å². The molecule has 0 radical (unpaired) electrons. The van der Waals surface area contributed by atoms with E-state index in [0.29, 0.717) is 19.3 Å². The van der Waals surface area contributed by atoms with Crippen LogP contribution in [0.3, 0.4) is 0 Å². The molecule has 0 heterocycles. The molecule has 0 bridgehead atoms. The second-order valence-corrected chi connectivity index (χ2v) is 3.13. The lowest BCUT2D eigenvalue weighted by Crippen LogP contribution is -2.46. The predicted octanol–water partition coefficient (Wildman–Crippen LogP) is -1.47. The van der Waals surface area contributed by atoms with E-state index in [1.807, 2.05) is 13.8 Å². The first kappa shape index (κ1) is 11.8. The Morgan fingerprint density at radius 1 is 1.17 bits per heavy atom. The zero-order valence-corrected chi connectivity index (χ0v) is 7.79. The van der Waals surface area contributed by atoms with Gasteiger partial charge in [0.05, 0.1) is 25.5 Å². The number of nitrogens with two attached hydrogens (primary N) is 3. The van der Waals surface area contributed by atoms with E-state index in [4.69, 9.17) is 21.9 Å². The third kappa shape index (κ3) is 7.90. The van der Waals surface area contributed by atoms with Crippen molar-refractivity contribution in [2.75, 3.05) is 13.2 Å². The molecule has 12 heavy (non-hydrogen) atoms. The summed E-state index contributed by atoms with van der Waals surface area (Å²) in [6.45, 7) is 4.82. The van der Waals surface area contributed by atoms with Crippen LogP contribution in [-0.4, -0.2) is 31.6 Å². The molecule has 0 aromatic rings. The van der Waals surface area contributed by atoms with Gasteiger partial charge in [-0.3, -0.25) is 5.32 Å². The molecule has 0 aliphatic rings. The first-order valence-corrected chi connectivity index (χ1v) is 4.13. The summed E-state index contributed by atoms with van der Waals surface area (Å²) in [6.07, 6.45) is -0.569. The highest BCUT2D eigenvalue weighted by molar-refractivity contribution is 4.61. The second-order valence-electron chi connectivity index (χ2n) is 3.13. The predicted molar refractivity (Wildman–Crippen MR) is 49.2 cm³/mol. The summed E-state index contributed by atoms with van der Waals surface area (Å²) >= 11 is 0. The molecule has 0 saturated heterocycles. The highest BCUT2D eigenvalue weighted by Crippen LogP contribution is 1.82. The Bertz CT molecular complexity index is 108. The summed E-state index contributed by atoms with van der Waals surface area (Å²) in [5.41, 5.74) is 16.2. The Morgan fingerprint density at radius 3 is 2.17 bits per heavy atom. The summed E-state index contributed by atoms with van der Waals surface area (Å²) in [6, 6.07) is 0.357. The van der Waals surface area contributed by atoms with Crippen molar-refractivity contribution in [3.8, 4) is 0 Å². The van der Waals surface area contributed by atoms with Crippen LogP contribution in [0.4, 0.5) is 0 Å². The van der Waals surface area contributed by atoms with Crippen LogP contribution in [0.1, 0.15) is 13.8 Å². The van der Waals surface area contributed by atoms with Crippen molar-refractivity contribution >= 4 is 0 Å². The van der Waals surface area contributed by atoms with Crippen LogP contribution in [0.25, 0.3) is 0 Å². The van der Waals surface area contributed by atoms with Gasteiger partial charge in [-0.15, -0.1) is 0 Å². The van der Waals surface area contributed by atoms with E-state index in [0.717, 1.165) is 0 Å². The average Bonchev–Trinajstić information content (AvgIpc) is 1.84. The fraction of sp³-hybridized carbons (Fsp3) is 1.00. The molecule has 0 aromatic heterocycles. The van der Waals surface area contributed by atoms with E-state index in [1.165, 1.54) is 0 Å². The minimum absolute atomic E-state index is 0.149. The highest BCUT2D eigenvalue weighted by Gasteiger charge is 2.03. The van der Waals surface area contributed by atoms with E-state index >= 15 is 0 Å².